The minimum atomic E-state index is -0.501. The Hall–Kier alpha value is -2.09. The molecule has 2 unspecified atom stereocenters. The highest BCUT2D eigenvalue weighted by Gasteiger charge is 2.40. The van der Waals surface area contributed by atoms with E-state index in [4.69, 9.17) is 5.26 Å². The van der Waals surface area contributed by atoms with E-state index in [1.807, 2.05) is 6.07 Å². The number of amides is 1. The number of carbonyl (C=O) groups is 1. The van der Waals surface area contributed by atoms with Crippen LogP contribution in [-0.4, -0.2) is 25.0 Å². The number of benzene rings is 1. The molecule has 3 rings (SSSR count). The maximum Gasteiger partial charge on any atom is 0.225 e. The summed E-state index contributed by atoms with van der Waals surface area (Å²) >= 11 is 0. The molecule has 1 aromatic rings. The van der Waals surface area contributed by atoms with E-state index in [-0.39, 0.29) is 23.4 Å². The SMILES string of the molecule is N#Cc1ccc(N2CCCC3C(=O)NCC32)cc1F. The summed E-state index contributed by atoms with van der Waals surface area (Å²) in [7, 11) is 0. The van der Waals surface area contributed by atoms with Gasteiger partial charge in [-0.1, -0.05) is 0 Å². The number of nitrogens with one attached hydrogen (secondary N) is 1. The molecule has 98 valence electrons. The van der Waals surface area contributed by atoms with E-state index in [9.17, 15) is 9.18 Å². The third kappa shape index (κ3) is 1.93. The average molecular weight is 259 g/mol. The number of halogens is 1. The topological polar surface area (TPSA) is 56.1 Å². The van der Waals surface area contributed by atoms with Crippen molar-refractivity contribution in [1.29, 1.82) is 5.26 Å². The molecule has 0 aromatic heterocycles. The van der Waals surface area contributed by atoms with Crippen LogP contribution < -0.4 is 10.2 Å². The molecule has 4 nitrogen and oxygen atoms in total. The maximum absolute atomic E-state index is 13.7. The lowest BCUT2D eigenvalue weighted by atomic mass is 9.91. The molecule has 1 aromatic carbocycles. The molecule has 2 heterocycles. The van der Waals surface area contributed by atoms with Gasteiger partial charge in [-0.25, -0.2) is 4.39 Å². The summed E-state index contributed by atoms with van der Waals surface area (Å²) in [5, 5.41) is 11.6. The van der Waals surface area contributed by atoms with Crippen LogP contribution in [0, 0.1) is 23.1 Å². The van der Waals surface area contributed by atoms with Gasteiger partial charge in [-0.2, -0.15) is 5.26 Å². The zero-order valence-corrected chi connectivity index (χ0v) is 10.4. The lowest BCUT2D eigenvalue weighted by molar-refractivity contribution is -0.122. The number of piperidine rings is 1. The maximum atomic E-state index is 13.7. The van der Waals surface area contributed by atoms with Crippen molar-refractivity contribution in [2.24, 2.45) is 5.92 Å². The van der Waals surface area contributed by atoms with E-state index in [0.29, 0.717) is 6.54 Å². The van der Waals surface area contributed by atoms with Crippen molar-refractivity contribution in [2.45, 2.75) is 18.9 Å². The van der Waals surface area contributed by atoms with Crippen molar-refractivity contribution in [3.05, 3.63) is 29.6 Å². The molecule has 2 fully saturated rings. The molecule has 2 aliphatic heterocycles. The van der Waals surface area contributed by atoms with Crippen LogP contribution in [0.1, 0.15) is 18.4 Å². The first-order valence-corrected chi connectivity index (χ1v) is 6.44. The zero-order valence-electron chi connectivity index (χ0n) is 10.4. The molecule has 0 spiro atoms. The van der Waals surface area contributed by atoms with Crippen molar-refractivity contribution in [3.8, 4) is 6.07 Å². The molecular weight excluding hydrogens is 245 g/mol. The minimum absolute atomic E-state index is 0.00690. The molecule has 0 saturated carbocycles. The van der Waals surface area contributed by atoms with Crippen LogP contribution >= 0.6 is 0 Å². The Morgan fingerprint density at radius 2 is 2.32 bits per heavy atom. The van der Waals surface area contributed by atoms with Gasteiger partial charge >= 0.3 is 0 Å². The third-order valence-corrected chi connectivity index (χ3v) is 4.01. The van der Waals surface area contributed by atoms with Gasteiger partial charge < -0.3 is 10.2 Å². The molecule has 1 amide bonds. The van der Waals surface area contributed by atoms with Crippen molar-refractivity contribution >= 4 is 11.6 Å². The van der Waals surface area contributed by atoms with Crippen molar-refractivity contribution < 1.29 is 9.18 Å². The minimum Gasteiger partial charge on any atom is -0.366 e. The summed E-state index contributed by atoms with van der Waals surface area (Å²) < 4.78 is 13.7. The Kier molecular flexibility index (Phi) is 2.86. The van der Waals surface area contributed by atoms with E-state index < -0.39 is 5.82 Å². The van der Waals surface area contributed by atoms with Crippen LogP contribution in [0.3, 0.4) is 0 Å². The normalized spacial score (nSPS) is 25.7. The van der Waals surface area contributed by atoms with Gasteiger partial charge in [0.2, 0.25) is 5.91 Å². The molecule has 2 saturated heterocycles. The Morgan fingerprint density at radius 3 is 3.05 bits per heavy atom. The van der Waals surface area contributed by atoms with E-state index in [1.165, 1.54) is 12.1 Å². The Balaban J connectivity index is 1.91. The first kappa shape index (κ1) is 12.0. The fourth-order valence-corrected chi connectivity index (χ4v) is 3.05. The molecule has 1 N–H and O–H groups in total. The van der Waals surface area contributed by atoms with Crippen LogP contribution in [0.25, 0.3) is 0 Å². The van der Waals surface area contributed by atoms with E-state index in [1.54, 1.807) is 6.07 Å². The monoisotopic (exact) mass is 259 g/mol. The molecular formula is C14H14FN3O. The highest BCUT2D eigenvalue weighted by Crippen LogP contribution is 2.32. The summed E-state index contributed by atoms with van der Waals surface area (Å²) in [6.45, 7) is 1.44. The number of fused-ring (bicyclic) bond motifs is 1. The van der Waals surface area contributed by atoms with Crippen LogP contribution in [0.4, 0.5) is 10.1 Å². The smallest absolute Gasteiger partial charge is 0.225 e. The number of anilines is 1. The molecule has 0 radical (unpaired) electrons. The highest BCUT2D eigenvalue weighted by molar-refractivity contribution is 5.83. The van der Waals surface area contributed by atoms with Gasteiger partial charge in [-0.15, -0.1) is 0 Å². The van der Waals surface area contributed by atoms with Gasteiger partial charge in [-0.3, -0.25) is 4.79 Å². The van der Waals surface area contributed by atoms with Gasteiger partial charge in [0.1, 0.15) is 11.9 Å². The first-order valence-electron chi connectivity index (χ1n) is 6.44. The van der Waals surface area contributed by atoms with Crippen molar-refractivity contribution in [3.63, 3.8) is 0 Å². The number of hydrogen-bond donors (Lipinski definition) is 1. The number of carbonyl (C=O) groups excluding carboxylic acids is 1. The van der Waals surface area contributed by atoms with Crippen LogP contribution in [0.15, 0.2) is 18.2 Å². The predicted molar refractivity (Wildman–Crippen MR) is 68.0 cm³/mol. The molecule has 5 heteroatoms. The fraction of sp³-hybridized carbons (Fsp3) is 0.429. The molecule has 0 aliphatic carbocycles. The van der Waals surface area contributed by atoms with Crippen LogP contribution in [0.5, 0.6) is 0 Å². The van der Waals surface area contributed by atoms with Gasteiger partial charge in [0.25, 0.3) is 0 Å². The number of hydrogen-bond acceptors (Lipinski definition) is 3. The van der Waals surface area contributed by atoms with Crippen molar-refractivity contribution in [2.75, 3.05) is 18.0 Å². The second-order valence-corrected chi connectivity index (χ2v) is 5.03. The fourth-order valence-electron chi connectivity index (χ4n) is 3.05. The standard InChI is InChI=1S/C14H14FN3O/c15-12-6-10(4-3-9(12)7-16)18-5-1-2-11-13(18)8-17-14(11)19/h3-4,6,11,13H,1-2,5,8H2,(H,17,19). The molecule has 2 atom stereocenters. The highest BCUT2D eigenvalue weighted by atomic mass is 19.1. The van der Waals surface area contributed by atoms with Gasteiger partial charge in [0, 0.05) is 18.8 Å². The summed E-state index contributed by atoms with van der Waals surface area (Å²) in [5.41, 5.74) is 0.806. The van der Waals surface area contributed by atoms with Gasteiger partial charge in [-0.05, 0) is 31.0 Å². The Morgan fingerprint density at radius 1 is 1.47 bits per heavy atom. The Labute approximate surface area is 110 Å². The zero-order chi connectivity index (χ0) is 13.4. The van der Waals surface area contributed by atoms with Crippen LogP contribution in [0.2, 0.25) is 0 Å². The first-order chi connectivity index (χ1) is 9.20. The van der Waals surface area contributed by atoms with Gasteiger partial charge in [0.05, 0.1) is 17.5 Å². The summed E-state index contributed by atoms with van der Waals surface area (Å²) in [5.74, 6) is -0.393. The summed E-state index contributed by atoms with van der Waals surface area (Å²) in [4.78, 5) is 13.8. The molecule has 19 heavy (non-hydrogen) atoms. The second kappa shape index (κ2) is 4.54. The molecule has 0 bridgehead atoms. The molecule has 2 aliphatic rings. The summed E-state index contributed by atoms with van der Waals surface area (Å²) in [6, 6.07) is 6.57. The number of rotatable bonds is 1. The summed E-state index contributed by atoms with van der Waals surface area (Å²) in [6.07, 6.45) is 1.82. The average Bonchev–Trinajstić information content (AvgIpc) is 2.80. The predicted octanol–water partition coefficient (Wildman–Crippen LogP) is 1.41. The lowest BCUT2D eigenvalue weighted by Gasteiger charge is -2.37. The Bertz CT molecular complexity index is 566. The van der Waals surface area contributed by atoms with E-state index in [2.05, 4.69) is 10.2 Å². The van der Waals surface area contributed by atoms with Crippen molar-refractivity contribution in [1.82, 2.24) is 5.32 Å². The number of nitriles is 1. The van der Waals surface area contributed by atoms with Crippen LogP contribution in [-0.2, 0) is 4.79 Å². The largest absolute Gasteiger partial charge is 0.366 e. The van der Waals surface area contributed by atoms with E-state index in [0.717, 1.165) is 25.1 Å². The third-order valence-electron chi connectivity index (χ3n) is 4.01. The lowest BCUT2D eigenvalue weighted by Crippen LogP contribution is -2.45. The quantitative estimate of drug-likeness (QED) is 0.829. The van der Waals surface area contributed by atoms with E-state index >= 15 is 0 Å². The number of nitrogens with zero attached hydrogens (tertiary/aromatic N) is 2. The second-order valence-electron chi connectivity index (χ2n) is 5.03. The van der Waals surface area contributed by atoms with Gasteiger partial charge in [0.15, 0.2) is 0 Å².